The van der Waals surface area contributed by atoms with E-state index < -0.39 is 28.5 Å². The normalized spacial score (nSPS) is 17.6. The quantitative estimate of drug-likeness (QED) is 0.715. The van der Waals surface area contributed by atoms with Gasteiger partial charge in [-0.3, -0.25) is 19.3 Å². The fourth-order valence-corrected chi connectivity index (χ4v) is 2.81. The number of carboxylic acids is 2. The highest BCUT2D eigenvalue weighted by Crippen LogP contribution is 2.29. The Morgan fingerprint density at radius 1 is 1.23 bits per heavy atom. The molecule has 116 valence electrons. The maximum Gasteiger partial charge on any atom is 0.337 e. The zero-order valence-electron chi connectivity index (χ0n) is 11.2. The lowest BCUT2D eigenvalue weighted by molar-refractivity contribution is -0.137. The van der Waals surface area contributed by atoms with E-state index in [1.807, 2.05) is 0 Å². The SMILES string of the molecule is O=C(O)CCN1C(=O)SC(Nc2ccccc2C(=O)O)C1=O. The third-order valence-electron chi connectivity index (χ3n) is 2.92. The lowest BCUT2D eigenvalue weighted by Crippen LogP contribution is -2.36. The van der Waals surface area contributed by atoms with Gasteiger partial charge < -0.3 is 15.5 Å². The van der Waals surface area contributed by atoms with Crippen molar-refractivity contribution in [2.75, 3.05) is 11.9 Å². The van der Waals surface area contributed by atoms with E-state index in [4.69, 9.17) is 10.2 Å². The highest BCUT2D eigenvalue weighted by Gasteiger charge is 2.40. The Morgan fingerprint density at radius 3 is 2.55 bits per heavy atom. The summed E-state index contributed by atoms with van der Waals surface area (Å²) >= 11 is 0.689. The van der Waals surface area contributed by atoms with E-state index in [0.717, 1.165) is 4.90 Å². The van der Waals surface area contributed by atoms with Crippen LogP contribution in [0.25, 0.3) is 0 Å². The van der Waals surface area contributed by atoms with Gasteiger partial charge in [-0.15, -0.1) is 0 Å². The second kappa shape index (κ2) is 6.48. The molecule has 0 saturated carbocycles. The molecule has 0 bridgehead atoms. The van der Waals surface area contributed by atoms with Gasteiger partial charge >= 0.3 is 11.9 Å². The molecular formula is C13H12N2O6S. The van der Waals surface area contributed by atoms with Crippen LogP contribution in [0.5, 0.6) is 0 Å². The van der Waals surface area contributed by atoms with Crippen LogP contribution in [0.15, 0.2) is 24.3 Å². The van der Waals surface area contributed by atoms with Crippen molar-refractivity contribution in [2.45, 2.75) is 11.8 Å². The van der Waals surface area contributed by atoms with Gasteiger partial charge in [0, 0.05) is 12.2 Å². The molecule has 1 fully saturated rings. The lowest BCUT2D eigenvalue weighted by Gasteiger charge is -2.15. The second-order valence-corrected chi connectivity index (χ2v) is 5.45. The van der Waals surface area contributed by atoms with Gasteiger partial charge in [-0.1, -0.05) is 12.1 Å². The van der Waals surface area contributed by atoms with Crippen LogP contribution in [0.4, 0.5) is 10.5 Å². The zero-order chi connectivity index (χ0) is 16.3. The predicted octanol–water partition coefficient (Wildman–Crippen LogP) is 1.29. The van der Waals surface area contributed by atoms with Crippen molar-refractivity contribution < 1.29 is 29.4 Å². The van der Waals surface area contributed by atoms with Crippen molar-refractivity contribution in [1.82, 2.24) is 4.90 Å². The maximum absolute atomic E-state index is 12.1. The van der Waals surface area contributed by atoms with Gasteiger partial charge in [0.2, 0.25) is 0 Å². The van der Waals surface area contributed by atoms with Crippen LogP contribution in [-0.4, -0.2) is 50.1 Å². The average Bonchev–Trinajstić information content (AvgIpc) is 2.71. The summed E-state index contributed by atoms with van der Waals surface area (Å²) < 4.78 is 0. The fourth-order valence-electron chi connectivity index (χ4n) is 1.88. The number of benzene rings is 1. The Morgan fingerprint density at radius 2 is 1.91 bits per heavy atom. The third-order valence-corrected chi connectivity index (χ3v) is 3.90. The third kappa shape index (κ3) is 3.37. The summed E-state index contributed by atoms with van der Waals surface area (Å²) in [6, 6.07) is 6.01. The number of carbonyl (C=O) groups excluding carboxylic acids is 2. The number of aromatic carboxylic acids is 1. The first kappa shape index (κ1) is 15.8. The summed E-state index contributed by atoms with van der Waals surface area (Å²) in [5.41, 5.74) is 0.195. The number of rotatable bonds is 6. The molecule has 9 heteroatoms. The topological polar surface area (TPSA) is 124 Å². The molecule has 2 amide bonds. The Kier molecular flexibility index (Phi) is 4.66. The summed E-state index contributed by atoms with van der Waals surface area (Å²) in [5, 5.41) is 18.9. The van der Waals surface area contributed by atoms with Crippen molar-refractivity contribution in [3.8, 4) is 0 Å². The number of anilines is 1. The number of aliphatic carboxylic acids is 1. The lowest BCUT2D eigenvalue weighted by atomic mass is 10.2. The molecule has 0 spiro atoms. The van der Waals surface area contributed by atoms with Gasteiger partial charge in [-0.25, -0.2) is 4.79 Å². The molecule has 1 aromatic rings. The number of thioether (sulfide) groups is 1. The first-order chi connectivity index (χ1) is 10.4. The predicted molar refractivity (Wildman–Crippen MR) is 77.8 cm³/mol. The number of amides is 2. The van der Waals surface area contributed by atoms with E-state index in [1.54, 1.807) is 12.1 Å². The van der Waals surface area contributed by atoms with Crippen LogP contribution in [0.3, 0.4) is 0 Å². The van der Waals surface area contributed by atoms with Crippen LogP contribution in [-0.2, 0) is 9.59 Å². The minimum Gasteiger partial charge on any atom is -0.481 e. The standard InChI is InChI=1S/C13H12N2O6S/c16-9(17)5-6-15-11(18)10(22-13(15)21)14-8-4-2-1-3-7(8)12(19)20/h1-4,10,14H,5-6H2,(H,16,17)(H,19,20). The Hall–Kier alpha value is -2.55. The van der Waals surface area contributed by atoms with E-state index in [1.165, 1.54) is 12.1 Å². The molecule has 0 radical (unpaired) electrons. The van der Waals surface area contributed by atoms with Crippen LogP contribution in [0.1, 0.15) is 16.8 Å². The minimum atomic E-state index is -1.16. The van der Waals surface area contributed by atoms with Gasteiger partial charge in [-0.05, 0) is 23.9 Å². The van der Waals surface area contributed by atoms with Crippen molar-refractivity contribution >= 4 is 40.5 Å². The monoisotopic (exact) mass is 324 g/mol. The number of imide groups is 1. The molecule has 1 saturated heterocycles. The Labute approximate surface area is 129 Å². The first-order valence-corrected chi connectivity index (χ1v) is 7.10. The van der Waals surface area contributed by atoms with Crippen molar-refractivity contribution in [1.29, 1.82) is 0 Å². The number of carboxylic acid groups (broad SMARTS) is 2. The Bertz CT molecular complexity index is 647. The molecule has 1 heterocycles. The van der Waals surface area contributed by atoms with Crippen LogP contribution < -0.4 is 5.32 Å². The molecule has 1 atom stereocenters. The summed E-state index contributed by atoms with van der Waals surface area (Å²) in [4.78, 5) is 46.3. The molecular weight excluding hydrogens is 312 g/mol. The van der Waals surface area contributed by atoms with Crippen LogP contribution in [0.2, 0.25) is 0 Å². The molecule has 1 aliphatic heterocycles. The average molecular weight is 324 g/mol. The molecule has 2 rings (SSSR count). The van der Waals surface area contributed by atoms with E-state index >= 15 is 0 Å². The number of nitrogens with one attached hydrogen (secondary N) is 1. The van der Waals surface area contributed by atoms with E-state index in [0.29, 0.717) is 11.8 Å². The molecule has 1 aliphatic rings. The number of para-hydroxylation sites is 1. The van der Waals surface area contributed by atoms with Gasteiger partial charge in [0.1, 0.15) is 0 Å². The molecule has 1 aromatic carbocycles. The van der Waals surface area contributed by atoms with Crippen LogP contribution in [0, 0.1) is 0 Å². The highest BCUT2D eigenvalue weighted by molar-refractivity contribution is 8.15. The number of hydrogen-bond donors (Lipinski definition) is 3. The van der Waals surface area contributed by atoms with Crippen molar-refractivity contribution in [3.63, 3.8) is 0 Å². The maximum atomic E-state index is 12.1. The van der Waals surface area contributed by atoms with Gasteiger partial charge in [0.25, 0.3) is 11.1 Å². The molecule has 8 nitrogen and oxygen atoms in total. The van der Waals surface area contributed by atoms with Crippen molar-refractivity contribution in [2.24, 2.45) is 0 Å². The Balaban J connectivity index is 2.12. The summed E-state index contributed by atoms with van der Waals surface area (Å²) in [5.74, 6) is -2.86. The zero-order valence-corrected chi connectivity index (χ0v) is 12.0. The number of hydrogen-bond acceptors (Lipinski definition) is 6. The van der Waals surface area contributed by atoms with E-state index in [-0.39, 0.29) is 24.2 Å². The molecule has 3 N–H and O–H groups in total. The minimum absolute atomic E-state index is 0.0210. The number of nitrogens with zero attached hydrogens (tertiary/aromatic N) is 1. The largest absolute Gasteiger partial charge is 0.481 e. The van der Waals surface area contributed by atoms with Gasteiger partial charge in [-0.2, -0.15) is 0 Å². The van der Waals surface area contributed by atoms with Gasteiger partial charge in [0.05, 0.1) is 12.0 Å². The molecule has 22 heavy (non-hydrogen) atoms. The van der Waals surface area contributed by atoms with E-state index in [2.05, 4.69) is 5.32 Å². The van der Waals surface area contributed by atoms with Crippen LogP contribution >= 0.6 is 11.8 Å². The molecule has 0 aliphatic carbocycles. The summed E-state index contributed by atoms with van der Waals surface area (Å²) in [7, 11) is 0. The first-order valence-electron chi connectivity index (χ1n) is 6.23. The molecule has 0 aromatic heterocycles. The smallest absolute Gasteiger partial charge is 0.337 e. The number of carbonyl (C=O) groups is 4. The van der Waals surface area contributed by atoms with Gasteiger partial charge in [0.15, 0.2) is 5.37 Å². The van der Waals surface area contributed by atoms with Crippen molar-refractivity contribution in [3.05, 3.63) is 29.8 Å². The fraction of sp³-hybridized carbons (Fsp3) is 0.231. The van der Waals surface area contributed by atoms with E-state index in [9.17, 15) is 19.2 Å². The second-order valence-electron chi connectivity index (χ2n) is 4.39. The molecule has 1 unspecified atom stereocenters. The summed E-state index contributed by atoms with van der Waals surface area (Å²) in [6.45, 7) is -0.210. The summed E-state index contributed by atoms with van der Waals surface area (Å²) in [6.07, 6.45) is -0.337. The highest BCUT2D eigenvalue weighted by atomic mass is 32.2.